The van der Waals surface area contributed by atoms with Crippen molar-refractivity contribution >= 4 is 27.5 Å². The first-order valence-corrected chi connectivity index (χ1v) is 7.76. The van der Waals surface area contributed by atoms with Crippen LogP contribution in [0.25, 0.3) is 0 Å². The molecular weight excluding hydrogens is 314 g/mol. The summed E-state index contributed by atoms with van der Waals surface area (Å²) in [5.74, 6) is -0.587. The summed E-state index contributed by atoms with van der Waals surface area (Å²) in [4.78, 5) is 12.1. The van der Waals surface area contributed by atoms with Crippen LogP contribution >= 0.6 is 11.6 Å². The van der Waals surface area contributed by atoms with Crippen molar-refractivity contribution in [3.8, 4) is 5.75 Å². The van der Waals surface area contributed by atoms with Crippen LogP contribution < -0.4 is 9.46 Å². The summed E-state index contributed by atoms with van der Waals surface area (Å²) in [5.41, 5.74) is 0.0846. The third-order valence-electron chi connectivity index (χ3n) is 2.69. The molecule has 0 radical (unpaired) electrons. The number of sulfonamides is 1. The Hall–Kier alpha value is -2.05. The Morgan fingerprint density at radius 1 is 1.14 bits per heavy atom. The van der Waals surface area contributed by atoms with E-state index in [4.69, 9.17) is 16.3 Å². The third-order valence-corrected chi connectivity index (χ3v) is 4.27. The van der Waals surface area contributed by atoms with Gasteiger partial charge in [-0.15, -0.1) is 0 Å². The second kappa shape index (κ2) is 6.15. The van der Waals surface area contributed by atoms with E-state index in [2.05, 4.69) is 0 Å². The van der Waals surface area contributed by atoms with Gasteiger partial charge in [0.2, 0.25) is 0 Å². The summed E-state index contributed by atoms with van der Waals surface area (Å²) in [7, 11) is -2.56. The number of ether oxygens (including phenoxy) is 1. The van der Waals surface area contributed by atoms with Gasteiger partial charge in [-0.2, -0.15) is 0 Å². The van der Waals surface area contributed by atoms with Crippen LogP contribution in [0.1, 0.15) is 10.4 Å². The van der Waals surface area contributed by atoms with E-state index in [1.807, 2.05) is 4.72 Å². The van der Waals surface area contributed by atoms with Gasteiger partial charge in [-0.05, 0) is 30.3 Å². The molecular formula is C14H12ClNO4S. The molecule has 0 bridgehead atoms. The molecule has 110 valence electrons. The zero-order valence-electron chi connectivity index (χ0n) is 11.0. The predicted molar refractivity (Wildman–Crippen MR) is 79.1 cm³/mol. The van der Waals surface area contributed by atoms with Crippen LogP contribution in [0.3, 0.4) is 0 Å². The normalized spacial score (nSPS) is 11.0. The van der Waals surface area contributed by atoms with Crippen molar-refractivity contribution < 1.29 is 17.9 Å². The van der Waals surface area contributed by atoms with Crippen molar-refractivity contribution in [2.45, 2.75) is 4.90 Å². The van der Waals surface area contributed by atoms with Gasteiger partial charge in [-0.1, -0.05) is 29.8 Å². The number of carbonyl (C=O) groups is 1. The highest BCUT2D eigenvalue weighted by Crippen LogP contribution is 2.23. The predicted octanol–water partition coefficient (Wildman–Crippen LogP) is 2.47. The fraction of sp³-hybridized carbons (Fsp3) is 0.0714. The number of methoxy groups -OCH3 is 1. The molecule has 0 fully saturated rings. The van der Waals surface area contributed by atoms with Crippen LogP contribution in [-0.2, 0) is 10.0 Å². The van der Waals surface area contributed by atoms with E-state index in [9.17, 15) is 13.2 Å². The molecule has 2 aromatic carbocycles. The molecule has 0 aliphatic heterocycles. The van der Waals surface area contributed by atoms with E-state index in [1.54, 1.807) is 18.2 Å². The lowest BCUT2D eigenvalue weighted by atomic mass is 10.2. The molecule has 7 heteroatoms. The van der Waals surface area contributed by atoms with Crippen LogP contribution in [0.15, 0.2) is 53.4 Å². The van der Waals surface area contributed by atoms with Gasteiger partial charge >= 0.3 is 0 Å². The van der Waals surface area contributed by atoms with E-state index < -0.39 is 15.9 Å². The van der Waals surface area contributed by atoms with E-state index in [-0.39, 0.29) is 16.2 Å². The maximum atomic E-state index is 12.1. The Labute approximate surface area is 127 Å². The zero-order valence-corrected chi connectivity index (χ0v) is 12.6. The molecule has 2 aromatic rings. The summed E-state index contributed by atoms with van der Waals surface area (Å²) < 4.78 is 31.2. The smallest absolute Gasteiger partial charge is 0.268 e. The number of nitrogens with one attached hydrogen (secondary N) is 1. The molecule has 0 aliphatic rings. The fourth-order valence-electron chi connectivity index (χ4n) is 1.69. The lowest BCUT2D eigenvalue weighted by Gasteiger charge is -2.10. The van der Waals surface area contributed by atoms with E-state index in [0.29, 0.717) is 5.02 Å². The number of amides is 1. The lowest BCUT2D eigenvalue weighted by molar-refractivity contribution is 0.0978. The third kappa shape index (κ3) is 3.53. The summed E-state index contributed by atoms with van der Waals surface area (Å²) >= 11 is 5.80. The average molecular weight is 326 g/mol. The number of carbonyl (C=O) groups excluding carboxylic acids is 1. The first-order valence-electron chi connectivity index (χ1n) is 5.90. The summed E-state index contributed by atoms with van der Waals surface area (Å²) in [6, 6.07) is 11.9. The maximum Gasteiger partial charge on any atom is 0.268 e. The quantitative estimate of drug-likeness (QED) is 0.937. The second-order valence-electron chi connectivity index (χ2n) is 4.09. The van der Waals surface area contributed by atoms with Crippen LogP contribution in [0.5, 0.6) is 5.75 Å². The molecule has 21 heavy (non-hydrogen) atoms. The average Bonchev–Trinajstić information content (AvgIpc) is 2.47. The molecule has 0 saturated heterocycles. The summed E-state index contributed by atoms with van der Waals surface area (Å²) in [6.07, 6.45) is 0. The number of rotatable bonds is 4. The molecule has 1 amide bonds. The van der Waals surface area contributed by atoms with E-state index in [0.717, 1.165) is 0 Å². The summed E-state index contributed by atoms with van der Waals surface area (Å²) in [6.45, 7) is 0. The van der Waals surface area contributed by atoms with Crippen LogP contribution in [-0.4, -0.2) is 21.4 Å². The molecule has 0 heterocycles. The van der Waals surface area contributed by atoms with Gasteiger partial charge in [0, 0.05) is 5.02 Å². The van der Waals surface area contributed by atoms with Crippen molar-refractivity contribution in [1.29, 1.82) is 0 Å². The van der Waals surface area contributed by atoms with E-state index >= 15 is 0 Å². The highest BCUT2D eigenvalue weighted by molar-refractivity contribution is 7.90. The first kappa shape index (κ1) is 15.3. The molecule has 0 unspecified atom stereocenters. The zero-order chi connectivity index (χ0) is 15.5. The Balaban J connectivity index is 2.30. The van der Waals surface area contributed by atoms with Gasteiger partial charge in [0.1, 0.15) is 5.75 Å². The van der Waals surface area contributed by atoms with Crippen molar-refractivity contribution in [3.63, 3.8) is 0 Å². The number of hydrogen-bond donors (Lipinski definition) is 1. The van der Waals surface area contributed by atoms with Crippen molar-refractivity contribution in [2.75, 3.05) is 7.11 Å². The molecule has 0 saturated carbocycles. The molecule has 5 nitrogen and oxygen atoms in total. The van der Waals surface area contributed by atoms with Crippen molar-refractivity contribution in [3.05, 3.63) is 59.1 Å². The minimum absolute atomic E-state index is 0.00582. The van der Waals surface area contributed by atoms with Crippen LogP contribution in [0.2, 0.25) is 5.02 Å². The number of halogens is 1. The van der Waals surface area contributed by atoms with Gasteiger partial charge < -0.3 is 4.74 Å². The fourth-order valence-corrected chi connectivity index (χ4v) is 2.84. The monoisotopic (exact) mass is 325 g/mol. The minimum atomic E-state index is -3.93. The Kier molecular flexibility index (Phi) is 4.50. The molecule has 2 rings (SSSR count). The van der Waals surface area contributed by atoms with E-state index in [1.165, 1.54) is 37.4 Å². The van der Waals surface area contributed by atoms with Crippen LogP contribution in [0.4, 0.5) is 0 Å². The molecule has 0 aromatic heterocycles. The first-order chi connectivity index (χ1) is 9.94. The second-order valence-corrected chi connectivity index (χ2v) is 6.21. The van der Waals surface area contributed by atoms with Gasteiger partial charge in [0.25, 0.3) is 15.9 Å². The Morgan fingerprint density at radius 2 is 1.81 bits per heavy atom. The van der Waals surface area contributed by atoms with Crippen LogP contribution in [0, 0.1) is 0 Å². The largest absolute Gasteiger partial charge is 0.496 e. The molecule has 0 aliphatic carbocycles. The maximum absolute atomic E-state index is 12.1. The number of hydrogen-bond acceptors (Lipinski definition) is 4. The highest BCUT2D eigenvalue weighted by Gasteiger charge is 2.20. The Bertz CT molecular complexity index is 760. The standard InChI is InChI=1S/C14H12ClNO4S/c1-20-13-9-10(15)7-8-12(13)14(17)16-21(18,19)11-5-3-2-4-6-11/h2-9H,1H3,(H,16,17). The molecule has 1 N–H and O–H groups in total. The SMILES string of the molecule is COc1cc(Cl)ccc1C(=O)NS(=O)(=O)c1ccccc1. The Morgan fingerprint density at radius 3 is 2.43 bits per heavy atom. The van der Waals surface area contributed by atoms with Gasteiger partial charge in [0.05, 0.1) is 17.6 Å². The van der Waals surface area contributed by atoms with Gasteiger partial charge in [0.15, 0.2) is 0 Å². The summed E-state index contributed by atoms with van der Waals surface area (Å²) in [5, 5.41) is 0.384. The highest BCUT2D eigenvalue weighted by atomic mass is 35.5. The topological polar surface area (TPSA) is 72.5 Å². The molecule has 0 atom stereocenters. The minimum Gasteiger partial charge on any atom is -0.496 e. The lowest BCUT2D eigenvalue weighted by Crippen LogP contribution is -2.30. The van der Waals surface area contributed by atoms with Gasteiger partial charge in [-0.25, -0.2) is 13.1 Å². The molecule has 0 spiro atoms. The van der Waals surface area contributed by atoms with Crippen molar-refractivity contribution in [1.82, 2.24) is 4.72 Å². The number of benzene rings is 2. The van der Waals surface area contributed by atoms with Crippen molar-refractivity contribution in [2.24, 2.45) is 0 Å². The van der Waals surface area contributed by atoms with Gasteiger partial charge in [-0.3, -0.25) is 4.79 Å².